The molecule has 6 heteroatoms. The second kappa shape index (κ2) is 6.55. The lowest BCUT2D eigenvalue weighted by Gasteiger charge is -2.15. The van der Waals surface area contributed by atoms with Gasteiger partial charge in [0.15, 0.2) is 0 Å². The van der Waals surface area contributed by atoms with Gasteiger partial charge in [0.25, 0.3) is 5.91 Å². The second-order valence-corrected chi connectivity index (χ2v) is 6.41. The lowest BCUT2D eigenvalue weighted by molar-refractivity contribution is -0.122. The van der Waals surface area contributed by atoms with E-state index < -0.39 is 0 Å². The van der Waals surface area contributed by atoms with Crippen LogP contribution in [0, 0.1) is 11.8 Å². The van der Waals surface area contributed by atoms with Gasteiger partial charge in [-0.1, -0.05) is 12.2 Å². The first kappa shape index (κ1) is 16.2. The Morgan fingerprint density at radius 3 is 2.23 bits per heavy atom. The van der Waals surface area contributed by atoms with Crippen molar-refractivity contribution in [3.63, 3.8) is 0 Å². The van der Waals surface area contributed by atoms with E-state index in [1.807, 2.05) is 12.2 Å². The Labute approximate surface area is 150 Å². The summed E-state index contributed by atoms with van der Waals surface area (Å²) in [4.78, 5) is 42.7. The maximum Gasteiger partial charge on any atom is 0.255 e. The monoisotopic (exact) mass is 347 g/mol. The SMILES string of the molecule is O=C(Nc1cccnc1)c1ccc(N2C(=O)C3CC=CCC3C2=O)cc1. The minimum atomic E-state index is -0.276. The van der Waals surface area contributed by atoms with Crippen LogP contribution in [0.15, 0.2) is 60.9 Å². The predicted molar refractivity (Wildman–Crippen MR) is 96.5 cm³/mol. The molecule has 2 aromatic rings. The van der Waals surface area contributed by atoms with Gasteiger partial charge in [-0.05, 0) is 49.2 Å². The Hall–Kier alpha value is -3.28. The summed E-state index contributed by atoms with van der Waals surface area (Å²) in [6.07, 6.45) is 8.32. The zero-order valence-electron chi connectivity index (χ0n) is 14.0. The molecule has 2 unspecified atom stereocenters. The maximum atomic E-state index is 12.6. The van der Waals surface area contributed by atoms with Gasteiger partial charge in [-0.25, -0.2) is 0 Å². The van der Waals surface area contributed by atoms with Gasteiger partial charge in [-0.3, -0.25) is 24.3 Å². The van der Waals surface area contributed by atoms with Crippen LogP contribution in [0.5, 0.6) is 0 Å². The van der Waals surface area contributed by atoms with Crippen molar-refractivity contribution in [2.45, 2.75) is 12.8 Å². The van der Waals surface area contributed by atoms with Gasteiger partial charge >= 0.3 is 0 Å². The number of aromatic nitrogens is 1. The smallest absolute Gasteiger partial charge is 0.255 e. The van der Waals surface area contributed by atoms with E-state index in [4.69, 9.17) is 0 Å². The highest BCUT2D eigenvalue weighted by Crippen LogP contribution is 2.37. The van der Waals surface area contributed by atoms with Crippen LogP contribution in [0.2, 0.25) is 0 Å². The Kier molecular flexibility index (Phi) is 4.08. The van der Waals surface area contributed by atoms with E-state index in [-0.39, 0.29) is 29.6 Å². The normalized spacial score (nSPS) is 21.6. The number of carbonyl (C=O) groups excluding carboxylic acids is 3. The number of hydrogen-bond acceptors (Lipinski definition) is 4. The Balaban J connectivity index is 1.52. The fourth-order valence-electron chi connectivity index (χ4n) is 3.46. The molecule has 1 N–H and O–H groups in total. The van der Waals surface area contributed by atoms with Crippen molar-refractivity contribution in [2.75, 3.05) is 10.2 Å². The van der Waals surface area contributed by atoms with Crippen molar-refractivity contribution in [2.24, 2.45) is 11.8 Å². The molecule has 0 spiro atoms. The van der Waals surface area contributed by atoms with Crippen molar-refractivity contribution in [1.29, 1.82) is 0 Å². The van der Waals surface area contributed by atoms with Gasteiger partial charge in [-0.2, -0.15) is 0 Å². The summed E-state index contributed by atoms with van der Waals surface area (Å²) in [6.45, 7) is 0. The van der Waals surface area contributed by atoms with Gasteiger partial charge in [0.1, 0.15) is 0 Å². The first-order chi connectivity index (χ1) is 12.6. The van der Waals surface area contributed by atoms with Crippen LogP contribution in [0.3, 0.4) is 0 Å². The third kappa shape index (κ3) is 2.79. The Morgan fingerprint density at radius 1 is 1.00 bits per heavy atom. The highest BCUT2D eigenvalue weighted by atomic mass is 16.2. The summed E-state index contributed by atoms with van der Waals surface area (Å²) < 4.78 is 0. The number of nitrogens with zero attached hydrogens (tertiary/aromatic N) is 2. The van der Waals surface area contributed by atoms with Crippen LogP contribution < -0.4 is 10.2 Å². The molecule has 2 heterocycles. The fraction of sp³-hybridized carbons (Fsp3) is 0.200. The molecule has 1 aliphatic heterocycles. The highest BCUT2D eigenvalue weighted by Gasteiger charge is 2.47. The van der Waals surface area contributed by atoms with Crippen LogP contribution in [0.4, 0.5) is 11.4 Å². The minimum Gasteiger partial charge on any atom is -0.321 e. The first-order valence-corrected chi connectivity index (χ1v) is 8.49. The molecule has 3 amide bonds. The number of benzene rings is 1. The molecule has 1 saturated heterocycles. The molecule has 2 aliphatic rings. The number of anilines is 2. The molecular formula is C20H17N3O3. The van der Waals surface area contributed by atoms with Crippen LogP contribution in [-0.2, 0) is 9.59 Å². The third-order valence-corrected chi connectivity index (χ3v) is 4.81. The van der Waals surface area contributed by atoms with Crippen LogP contribution in [0.1, 0.15) is 23.2 Å². The molecule has 0 bridgehead atoms. The summed E-state index contributed by atoms with van der Waals surface area (Å²) in [5.74, 6) is -1.11. The van der Waals surface area contributed by atoms with E-state index in [1.165, 1.54) is 4.90 Å². The lowest BCUT2D eigenvalue weighted by atomic mass is 9.85. The van der Waals surface area contributed by atoms with Crippen molar-refractivity contribution >= 4 is 29.1 Å². The molecule has 0 saturated carbocycles. The molecule has 2 atom stereocenters. The summed E-state index contributed by atoms with van der Waals surface area (Å²) in [5.41, 5.74) is 1.55. The predicted octanol–water partition coefficient (Wildman–Crippen LogP) is 2.79. The molecule has 1 aromatic carbocycles. The average Bonchev–Trinajstić information content (AvgIpc) is 2.94. The largest absolute Gasteiger partial charge is 0.321 e. The van der Waals surface area contributed by atoms with E-state index in [2.05, 4.69) is 10.3 Å². The molecular weight excluding hydrogens is 330 g/mol. The van der Waals surface area contributed by atoms with Gasteiger partial charge in [0.2, 0.25) is 11.8 Å². The Morgan fingerprint density at radius 2 is 1.65 bits per heavy atom. The molecule has 26 heavy (non-hydrogen) atoms. The number of pyridine rings is 1. The number of allylic oxidation sites excluding steroid dienone is 2. The van der Waals surface area contributed by atoms with Gasteiger partial charge in [0.05, 0.1) is 29.4 Å². The van der Waals surface area contributed by atoms with Crippen LogP contribution >= 0.6 is 0 Å². The average molecular weight is 347 g/mol. The molecule has 1 aromatic heterocycles. The number of rotatable bonds is 3. The highest BCUT2D eigenvalue weighted by molar-refractivity contribution is 6.22. The second-order valence-electron chi connectivity index (χ2n) is 6.41. The van der Waals surface area contributed by atoms with Crippen molar-refractivity contribution in [3.05, 3.63) is 66.5 Å². The maximum absolute atomic E-state index is 12.6. The van der Waals surface area contributed by atoms with Gasteiger partial charge in [0, 0.05) is 11.8 Å². The zero-order chi connectivity index (χ0) is 18.1. The molecule has 130 valence electrons. The summed E-state index contributed by atoms with van der Waals surface area (Å²) >= 11 is 0. The number of nitrogens with one attached hydrogen (secondary N) is 1. The third-order valence-electron chi connectivity index (χ3n) is 4.81. The minimum absolute atomic E-state index is 0.156. The number of carbonyl (C=O) groups is 3. The number of amides is 3. The summed E-state index contributed by atoms with van der Waals surface area (Å²) in [6, 6.07) is 9.98. The van der Waals surface area contributed by atoms with Crippen LogP contribution in [-0.4, -0.2) is 22.7 Å². The quantitative estimate of drug-likeness (QED) is 0.684. The van der Waals surface area contributed by atoms with Crippen molar-refractivity contribution in [3.8, 4) is 0 Å². The van der Waals surface area contributed by atoms with E-state index in [1.54, 1.807) is 48.8 Å². The fourth-order valence-corrected chi connectivity index (χ4v) is 3.46. The lowest BCUT2D eigenvalue weighted by Crippen LogP contribution is -2.30. The molecule has 4 rings (SSSR count). The van der Waals surface area contributed by atoms with E-state index >= 15 is 0 Å². The zero-order valence-corrected chi connectivity index (χ0v) is 14.0. The molecule has 0 radical (unpaired) electrons. The molecule has 1 fully saturated rings. The molecule has 1 aliphatic carbocycles. The number of fused-ring (bicyclic) bond motifs is 1. The number of imide groups is 1. The topological polar surface area (TPSA) is 79.4 Å². The first-order valence-electron chi connectivity index (χ1n) is 8.49. The van der Waals surface area contributed by atoms with E-state index in [0.29, 0.717) is 29.8 Å². The van der Waals surface area contributed by atoms with E-state index in [9.17, 15) is 14.4 Å². The number of hydrogen-bond donors (Lipinski definition) is 1. The van der Waals surface area contributed by atoms with Gasteiger partial charge in [-0.15, -0.1) is 0 Å². The Bertz CT molecular complexity index is 864. The molecule has 6 nitrogen and oxygen atoms in total. The van der Waals surface area contributed by atoms with Crippen LogP contribution in [0.25, 0.3) is 0 Å². The standard InChI is InChI=1S/C20H17N3O3/c24-18(22-14-4-3-11-21-12-14)13-7-9-15(10-8-13)23-19(25)16-5-1-2-6-17(16)20(23)26/h1-4,7-12,16-17H,5-6H2,(H,22,24). The van der Waals surface area contributed by atoms with Crippen molar-refractivity contribution < 1.29 is 14.4 Å². The van der Waals surface area contributed by atoms with Crippen molar-refractivity contribution in [1.82, 2.24) is 4.98 Å². The summed E-state index contributed by atoms with van der Waals surface area (Å²) in [7, 11) is 0. The van der Waals surface area contributed by atoms with Gasteiger partial charge < -0.3 is 5.32 Å². The van der Waals surface area contributed by atoms with E-state index in [0.717, 1.165) is 0 Å². The summed E-state index contributed by atoms with van der Waals surface area (Å²) in [5, 5.41) is 2.75.